The Bertz CT molecular complexity index is 615. The molecule has 2 aromatic rings. The van der Waals surface area contributed by atoms with Crippen molar-refractivity contribution in [3.8, 4) is 17.4 Å². The van der Waals surface area contributed by atoms with E-state index in [1.807, 2.05) is 0 Å². The molecule has 0 saturated heterocycles. The largest absolute Gasteiger partial charge is 0.486 e. The maximum atomic E-state index is 10.4. The van der Waals surface area contributed by atoms with Gasteiger partial charge in [0.15, 0.2) is 11.5 Å². The maximum absolute atomic E-state index is 10.4. The number of hydrogen-bond donors (Lipinski definition) is 1. The van der Waals surface area contributed by atoms with Crippen molar-refractivity contribution in [1.29, 1.82) is 0 Å². The quantitative estimate of drug-likeness (QED) is 0.926. The first-order valence-corrected chi connectivity index (χ1v) is 6.36. The third kappa shape index (κ3) is 2.40. The predicted molar refractivity (Wildman–Crippen MR) is 72.3 cm³/mol. The Kier molecular flexibility index (Phi) is 3.43. The Balaban J connectivity index is 1.91. The number of nitrogens with zero attached hydrogens (tertiary/aromatic N) is 1. The lowest BCUT2D eigenvalue weighted by Crippen LogP contribution is -2.15. The number of methoxy groups -OCH3 is 1. The van der Waals surface area contributed by atoms with E-state index in [1.54, 1.807) is 43.5 Å². The van der Waals surface area contributed by atoms with Gasteiger partial charge in [-0.05, 0) is 23.8 Å². The second kappa shape index (κ2) is 5.38. The van der Waals surface area contributed by atoms with Crippen LogP contribution in [0.25, 0.3) is 0 Å². The van der Waals surface area contributed by atoms with Gasteiger partial charge < -0.3 is 19.3 Å². The average Bonchev–Trinajstić information content (AvgIpc) is 2.53. The van der Waals surface area contributed by atoms with Crippen LogP contribution >= 0.6 is 0 Å². The van der Waals surface area contributed by atoms with E-state index in [4.69, 9.17) is 14.2 Å². The summed E-state index contributed by atoms with van der Waals surface area (Å²) in [7, 11) is 1.54. The molecule has 0 fully saturated rings. The second-order valence-corrected chi connectivity index (χ2v) is 4.41. The van der Waals surface area contributed by atoms with Crippen LogP contribution in [-0.2, 0) is 0 Å². The fraction of sp³-hybridized carbons (Fsp3) is 0.267. The Morgan fingerprint density at radius 2 is 1.95 bits per heavy atom. The summed E-state index contributed by atoms with van der Waals surface area (Å²) in [6.07, 6.45) is -0.832. The molecule has 5 nitrogen and oxygen atoms in total. The molecule has 1 atom stereocenters. The van der Waals surface area contributed by atoms with Crippen molar-refractivity contribution in [3.63, 3.8) is 0 Å². The van der Waals surface area contributed by atoms with Crippen molar-refractivity contribution in [2.24, 2.45) is 0 Å². The number of benzene rings is 1. The Labute approximate surface area is 116 Å². The molecule has 0 amide bonds. The Morgan fingerprint density at radius 1 is 1.15 bits per heavy atom. The lowest BCUT2D eigenvalue weighted by atomic mass is 10.1. The van der Waals surface area contributed by atoms with Crippen LogP contribution in [0.3, 0.4) is 0 Å². The van der Waals surface area contributed by atoms with Crippen LogP contribution in [0.1, 0.15) is 17.4 Å². The van der Waals surface area contributed by atoms with E-state index < -0.39 is 6.10 Å². The van der Waals surface area contributed by atoms with Crippen molar-refractivity contribution in [2.75, 3.05) is 20.3 Å². The molecule has 5 heteroatoms. The van der Waals surface area contributed by atoms with E-state index >= 15 is 0 Å². The summed E-state index contributed by atoms with van der Waals surface area (Å²) in [5.74, 6) is 1.82. The number of aromatic nitrogens is 1. The van der Waals surface area contributed by atoms with E-state index in [9.17, 15) is 5.11 Å². The highest BCUT2D eigenvalue weighted by atomic mass is 16.6. The summed E-state index contributed by atoms with van der Waals surface area (Å²) < 4.78 is 16.0. The molecule has 0 bridgehead atoms. The van der Waals surface area contributed by atoms with Crippen LogP contribution in [0, 0.1) is 0 Å². The summed E-state index contributed by atoms with van der Waals surface area (Å²) in [5.41, 5.74) is 1.23. The molecule has 1 unspecified atom stereocenters. The van der Waals surface area contributed by atoms with Crippen LogP contribution in [0.5, 0.6) is 17.4 Å². The molecular weight excluding hydrogens is 258 g/mol. The zero-order valence-electron chi connectivity index (χ0n) is 11.1. The van der Waals surface area contributed by atoms with Crippen LogP contribution in [0.2, 0.25) is 0 Å². The molecular formula is C15H15NO4. The number of pyridine rings is 1. The molecule has 1 aromatic carbocycles. The number of ether oxygens (including phenoxy) is 3. The molecule has 104 valence electrons. The zero-order valence-corrected chi connectivity index (χ0v) is 11.1. The summed E-state index contributed by atoms with van der Waals surface area (Å²) in [6.45, 7) is 1.07. The second-order valence-electron chi connectivity index (χ2n) is 4.41. The van der Waals surface area contributed by atoms with Crippen LogP contribution in [0.15, 0.2) is 36.4 Å². The number of hydrogen-bond acceptors (Lipinski definition) is 5. The van der Waals surface area contributed by atoms with Gasteiger partial charge in [-0.1, -0.05) is 12.1 Å². The molecule has 3 rings (SSSR count). The molecule has 2 heterocycles. The van der Waals surface area contributed by atoms with Crippen molar-refractivity contribution in [1.82, 2.24) is 4.98 Å². The summed E-state index contributed by atoms with van der Waals surface area (Å²) in [6, 6.07) is 10.7. The van der Waals surface area contributed by atoms with Gasteiger partial charge in [-0.15, -0.1) is 0 Å². The predicted octanol–water partition coefficient (Wildman–Crippen LogP) is 1.94. The van der Waals surface area contributed by atoms with Crippen LogP contribution < -0.4 is 14.2 Å². The molecule has 1 N–H and O–H groups in total. The first-order chi connectivity index (χ1) is 9.78. The van der Waals surface area contributed by atoms with E-state index in [0.29, 0.717) is 41.9 Å². The smallest absolute Gasteiger partial charge is 0.213 e. The van der Waals surface area contributed by atoms with Gasteiger partial charge in [-0.25, -0.2) is 4.98 Å². The van der Waals surface area contributed by atoms with Gasteiger partial charge in [-0.3, -0.25) is 0 Å². The number of aliphatic hydroxyl groups excluding tert-OH is 1. The van der Waals surface area contributed by atoms with Crippen LogP contribution in [0.4, 0.5) is 0 Å². The highest BCUT2D eigenvalue weighted by Crippen LogP contribution is 2.34. The van der Waals surface area contributed by atoms with Crippen molar-refractivity contribution in [2.45, 2.75) is 6.10 Å². The zero-order chi connectivity index (χ0) is 13.9. The van der Waals surface area contributed by atoms with Crippen molar-refractivity contribution < 1.29 is 19.3 Å². The van der Waals surface area contributed by atoms with E-state index in [0.717, 1.165) is 0 Å². The minimum atomic E-state index is -0.832. The third-order valence-electron chi connectivity index (χ3n) is 3.12. The fourth-order valence-corrected chi connectivity index (χ4v) is 2.10. The first kappa shape index (κ1) is 12.7. The first-order valence-electron chi connectivity index (χ1n) is 6.36. The van der Waals surface area contributed by atoms with Crippen molar-refractivity contribution >= 4 is 0 Å². The van der Waals surface area contributed by atoms with E-state index in [2.05, 4.69) is 4.98 Å². The van der Waals surface area contributed by atoms with Gasteiger partial charge in [0.2, 0.25) is 5.88 Å². The summed E-state index contributed by atoms with van der Waals surface area (Å²) in [4.78, 5) is 4.24. The highest BCUT2D eigenvalue weighted by Gasteiger charge is 2.17. The normalized spacial score (nSPS) is 14.7. The maximum Gasteiger partial charge on any atom is 0.213 e. The van der Waals surface area contributed by atoms with Gasteiger partial charge in [0.25, 0.3) is 0 Å². The van der Waals surface area contributed by atoms with Gasteiger partial charge in [0, 0.05) is 6.07 Å². The number of fused-ring (bicyclic) bond motifs is 1. The lowest BCUT2D eigenvalue weighted by Gasteiger charge is -2.20. The minimum Gasteiger partial charge on any atom is -0.486 e. The molecule has 20 heavy (non-hydrogen) atoms. The van der Waals surface area contributed by atoms with E-state index in [1.165, 1.54) is 0 Å². The molecule has 1 aliphatic rings. The van der Waals surface area contributed by atoms with Gasteiger partial charge in [0.1, 0.15) is 19.3 Å². The molecule has 1 aliphatic heterocycles. The topological polar surface area (TPSA) is 60.8 Å². The molecule has 0 radical (unpaired) electrons. The monoisotopic (exact) mass is 273 g/mol. The Hall–Kier alpha value is -2.27. The van der Waals surface area contributed by atoms with E-state index in [-0.39, 0.29) is 0 Å². The lowest BCUT2D eigenvalue weighted by molar-refractivity contribution is 0.169. The Morgan fingerprint density at radius 3 is 2.75 bits per heavy atom. The molecule has 0 spiro atoms. The van der Waals surface area contributed by atoms with Crippen molar-refractivity contribution in [3.05, 3.63) is 47.7 Å². The standard InChI is InChI=1S/C15H15NO4/c1-18-14-4-2-3-11(16-14)15(17)10-5-6-12-13(9-10)20-8-7-19-12/h2-6,9,15,17H,7-8H2,1H3. The average molecular weight is 273 g/mol. The summed E-state index contributed by atoms with van der Waals surface area (Å²) in [5, 5.41) is 10.4. The van der Waals surface area contributed by atoms with Gasteiger partial charge >= 0.3 is 0 Å². The molecule has 0 saturated carbocycles. The van der Waals surface area contributed by atoms with Gasteiger partial charge in [-0.2, -0.15) is 0 Å². The SMILES string of the molecule is COc1cccc(C(O)c2ccc3c(c2)OCCO3)n1. The van der Waals surface area contributed by atoms with Gasteiger partial charge in [0.05, 0.1) is 12.8 Å². The summed E-state index contributed by atoms with van der Waals surface area (Å²) >= 11 is 0. The third-order valence-corrected chi connectivity index (χ3v) is 3.12. The molecule has 0 aliphatic carbocycles. The molecule has 1 aromatic heterocycles. The highest BCUT2D eigenvalue weighted by molar-refractivity contribution is 5.45. The number of aliphatic hydroxyl groups is 1. The fourth-order valence-electron chi connectivity index (χ4n) is 2.10. The minimum absolute atomic E-state index is 0.471. The van der Waals surface area contributed by atoms with Crippen LogP contribution in [-0.4, -0.2) is 30.4 Å². The number of rotatable bonds is 3.